The molecule has 1 aromatic rings. The summed E-state index contributed by atoms with van der Waals surface area (Å²) in [5.74, 6) is 2.89. The second-order valence-electron chi connectivity index (χ2n) is 6.42. The van der Waals surface area contributed by atoms with Crippen LogP contribution in [0.2, 0.25) is 0 Å². The van der Waals surface area contributed by atoms with Crippen LogP contribution in [-0.4, -0.2) is 29.7 Å². The van der Waals surface area contributed by atoms with Crippen molar-refractivity contribution in [2.24, 2.45) is 17.8 Å². The molecule has 0 spiro atoms. The van der Waals surface area contributed by atoms with Crippen LogP contribution in [-0.2, 0) is 6.54 Å². The zero-order chi connectivity index (χ0) is 13.8. The molecule has 19 heavy (non-hydrogen) atoms. The Balaban J connectivity index is 1.85. The minimum absolute atomic E-state index is 0.131. The third kappa shape index (κ3) is 4.08. The average Bonchev–Trinajstić information content (AvgIpc) is 2.84. The van der Waals surface area contributed by atoms with Crippen LogP contribution >= 0.6 is 0 Å². The fraction of sp³-hybridized carbons (Fsp3) is 0.750. The summed E-state index contributed by atoms with van der Waals surface area (Å²) in [5, 5.41) is 10.2. The highest BCUT2D eigenvalue weighted by Crippen LogP contribution is 2.34. The second kappa shape index (κ2) is 6.58. The third-order valence-corrected chi connectivity index (χ3v) is 4.48. The van der Waals surface area contributed by atoms with Crippen molar-refractivity contribution in [1.29, 1.82) is 0 Å². The van der Waals surface area contributed by atoms with Gasteiger partial charge in [0.2, 0.25) is 0 Å². The Morgan fingerprint density at radius 3 is 2.84 bits per heavy atom. The molecule has 1 aliphatic rings. The predicted octanol–water partition coefficient (Wildman–Crippen LogP) is 3.14. The third-order valence-electron chi connectivity index (χ3n) is 4.48. The maximum atomic E-state index is 10.2. The van der Waals surface area contributed by atoms with Gasteiger partial charge >= 0.3 is 0 Å². The van der Waals surface area contributed by atoms with E-state index in [1.54, 1.807) is 6.26 Å². The SMILES string of the molecule is CC(C)C1CCC(O)C(CN(C)Cc2ccco2)C1. The Morgan fingerprint density at radius 1 is 1.42 bits per heavy atom. The minimum Gasteiger partial charge on any atom is -0.468 e. The Kier molecular flexibility index (Phi) is 5.06. The van der Waals surface area contributed by atoms with E-state index in [1.165, 1.54) is 6.42 Å². The number of hydrogen-bond donors (Lipinski definition) is 1. The van der Waals surface area contributed by atoms with E-state index in [1.807, 2.05) is 12.1 Å². The van der Waals surface area contributed by atoms with E-state index in [2.05, 4.69) is 25.8 Å². The largest absolute Gasteiger partial charge is 0.468 e. The summed E-state index contributed by atoms with van der Waals surface area (Å²) in [6.45, 7) is 6.37. The van der Waals surface area contributed by atoms with Gasteiger partial charge in [-0.2, -0.15) is 0 Å². The van der Waals surface area contributed by atoms with Gasteiger partial charge < -0.3 is 9.52 Å². The first-order valence-corrected chi connectivity index (χ1v) is 7.45. The van der Waals surface area contributed by atoms with Gasteiger partial charge in [0.15, 0.2) is 0 Å². The first kappa shape index (κ1) is 14.6. The summed E-state index contributed by atoms with van der Waals surface area (Å²) >= 11 is 0. The lowest BCUT2D eigenvalue weighted by Gasteiger charge is -2.37. The van der Waals surface area contributed by atoms with Gasteiger partial charge in [-0.05, 0) is 56.2 Å². The molecular weight excluding hydrogens is 238 g/mol. The van der Waals surface area contributed by atoms with E-state index < -0.39 is 0 Å². The number of hydrogen-bond acceptors (Lipinski definition) is 3. The van der Waals surface area contributed by atoms with Crippen LogP contribution in [0.4, 0.5) is 0 Å². The standard InChI is InChI=1S/C16H27NO2/c1-12(2)13-6-7-16(18)14(9-13)10-17(3)11-15-5-4-8-19-15/h4-5,8,12-14,16,18H,6-7,9-11H2,1-3H3. The van der Waals surface area contributed by atoms with Crippen molar-refractivity contribution in [2.75, 3.05) is 13.6 Å². The van der Waals surface area contributed by atoms with Gasteiger partial charge in [0.1, 0.15) is 5.76 Å². The summed E-state index contributed by atoms with van der Waals surface area (Å²) in [6.07, 6.45) is 4.88. The smallest absolute Gasteiger partial charge is 0.117 e. The monoisotopic (exact) mass is 265 g/mol. The Bertz CT molecular complexity index is 361. The summed E-state index contributed by atoms with van der Waals surface area (Å²) in [4.78, 5) is 2.26. The van der Waals surface area contributed by atoms with Gasteiger partial charge in [-0.1, -0.05) is 13.8 Å². The molecule has 0 bridgehead atoms. The summed E-state index contributed by atoms with van der Waals surface area (Å²) in [5.41, 5.74) is 0. The van der Waals surface area contributed by atoms with Gasteiger partial charge in [-0.25, -0.2) is 0 Å². The van der Waals surface area contributed by atoms with Crippen molar-refractivity contribution in [3.63, 3.8) is 0 Å². The van der Waals surface area contributed by atoms with Crippen molar-refractivity contribution in [3.8, 4) is 0 Å². The fourth-order valence-electron chi connectivity index (χ4n) is 3.22. The maximum Gasteiger partial charge on any atom is 0.117 e. The lowest BCUT2D eigenvalue weighted by Crippen LogP contribution is -2.38. The number of nitrogens with zero attached hydrogens (tertiary/aromatic N) is 1. The molecule has 2 rings (SSSR count). The Labute approximate surface area is 116 Å². The molecule has 1 fully saturated rings. The topological polar surface area (TPSA) is 36.6 Å². The zero-order valence-electron chi connectivity index (χ0n) is 12.4. The van der Waals surface area contributed by atoms with Crippen LogP contribution in [0.25, 0.3) is 0 Å². The van der Waals surface area contributed by atoms with E-state index in [0.29, 0.717) is 5.92 Å². The van der Waals surface area contributed by atoms with Crippen molar-refractivity contribution in [3.05, 3.63) is 24.2 Å². The van der Waals surface area contributed by atoms with Crippen LogP contribution in [0.5, 0.6) is 0 Å². The van der Waals surface area contributed by atoms with E-state index in [4.69, 9.17) is 4.42 Å². The first-order chi connectivity index (χ1) is 9.06. The van der Waals surface area contributed by atoms with Crippen molar-refractivity contribution >= 4 is 0 Å². The zero-order valence-corrected chi connectivity index (χ0v) is 12.4. The Morgan fingerprint density at radius 2 is 2.21 bits per heavy atom. The fourth-order valence-corrected chi connectivity index (χ4v) is 3.22. The lowest BCUT2D eigenvalue weighted by molar-refractivity contribution is 0.0206. The lowest BCUT2D eigenvalue weighted by atomic mass is 9.74. The van der Waals surface area contributed by atoms with Gasteiger partial charge in [-0.3, -0.25) is 4.90 Å². The average molecular weight is 265 g/mol. The predicted molar refractivity (Wildman–Crippen MR) is 76.7 cm³/mol. The normalized spacial score (nSPS) is 28.2. The quantitative estimate of drug-likeness (QED) is 0.888. The molecule has 0 aromatic carbocycles. The minimum atomic E-state index is -0.131. The molecular formula is C16H27NO2. The molecule has 1 heterocycles. The van der Waals surface area contributed by atoms with Gasteiger partial charge in [0.25, 0.3) is 0 Å². The molecule has 0 aliphatic heterocycles. The highest BCUT2D eigenvalue weighted by molar-refractivity contribution is 4.97. The summed E-state index contributed by atoms with van der Waals surface area (Å²) in [7, 11) is 2.11. The van der Waals surface area contributed by atoms with E-state index in [9.17, 15) is 5.11 Å². The van der Waals surface area contributed by atoms with E-state index in [0.717, 1.165) is 43.5 Å². The van der Waals surface area contributed by atoms with Crippen LogP contribution in [0.1, 0.15) is 38.9 Å². The molecule has 0 amide bonds. The molecule has 0 radical (unpaired) electrons. The molecule has 108 valence electrons. The van der Waals surface area contributed by atoms with Crippen LogP contribution in [0.3, 0.4) is 0 Å². The summed E-state index contributed by atoms with van der Waals surface area (Å²) in [6, 6.07) is 3.93. The van der Waals surface area contributed by atoms with E-state index in [-0.39, 0.29) is 6.10 Å². The number of furan rings is 1. The van der Waals surface area contributed by atoms with Crippen LogP contribution in [0, 0.1) is 17.8 Å². The molecule has 3 nitrogen and oxygen atoms in total. The molecule has 0 saturated heterocycles. The second-order valence-corrected chi connectivity index (χ2v) is 6.42. The van der Waals surface area contributed by atoms with Gasteiger partial charge in [-0.15, -0.1) is 0 Å². The molecule has 1 aliphatic carbocycles. The molecule has 3 atom stereocenters. The molecule has 3 heteroatoms. The highest BCUT2D eigenvalue weighted by atomic mass is 16.3. The van der Waals surface area contributed by atoms with Gasteiger partial charge in [0, 0.05) is 6.54 Å². The van der Waals surface area contributed by atoms with Gasteiger partial charge in [0.05, 0.1) is 18.9 Å². The number of aliphatic hydroxyl groups is 1. The number of rotatable bonds is 5. The van der Waals surface area contributed by atoms with Crippen molar-refractivity contribution in [1.82, 2.24) is 4.90 Å². The van der Waals surface area contributed by atoms with Crippen molar-refractivity contribution < 1.29 is 9.52 Å². The molecule has 1 aromatic heterocycles. The molecule has 3 unspecified atom stereocenters. The van der Waals surface area contributed by atoms with Crippen molar-refractivity contribution in [2.45, 2.75) is 45.8 Å². The Hall–Kier alpha value is -0.800. The van der Waals surface area contributed by atoms with Crippen LogP contribution < -0.4 is 0 Å². The van der Waals surface area contributed by atoms with Crippen LogP contribution in [0.15, 0.2) is 22.8 Å². The number of aliphatic hydroxyl groups excluding tert-OH is 1. The first-order valence-electron chi connectivity index (χ1n) is 7.45. The molecule has 1 N–H and O–H groups in total. The highest BCUT2D eigenvalue weighted by Gasteiger charge is 2.31. The summed E-state index contributed by atoms with van der Waals surface area (Å²) < 4.78 is 5.38. The maximum absolute atomic E-state index is 10.2. The molecule has 1 saturated carbocycles. The van der Waals surface area contributed by atoms with E-state index >= 15 is 0 Å².